The molecule has 0 amide bonds. The molecule has 8 nitrogen and oxygen atoms in total. The predicted octanol–water partition coefficient (Wildman–Crippen LogP) is 5.45. The molecule has 8 heteroatoms. The summed E-state index contributed by atoms with van der Waals surface area (Å²) < 4.78 is 16.4. The maximum Gasteiger partial charge on any atom is 0.344 e. The molecule has 0 saturated heterocycles. The zero-order valence-electron chi connectivity index (χ0n) is 20.5. The van der Waals surface area contributed by atoms with Crippen molar-refractivity contribution in [3.8, 4) is 11.5 Å². The Balaban J connectivity index is 1.78. The second-order valence-corrected chi connectivity index (χ2v) is 8.84. The molecule has 0 radical (unpaired) electrons. The highest BCUT2D eigenvalue weighted by molar-refractivity contribution is 5.90. The number of para-hydroxylation sites is 1. The minimum absolute atomic E-state index is 0.149. The van der Waals surface area contributed by atoms with E-state index < -0.39 is 28.9 Å². The molecule has 0 fully saturated rings. The van der Waals surface area contributed by atoms with Crippen LogP contribution < -0.4 is 11.3 Å². The summed E-state index contributed by atoms with van der Waals surface area (Å²) in [6.45, 7) is 2.23. The Morgan fingerprint density at radius 1 is 0.842 bits per heavy atom. The predicted molar refractivity (Wildman–Crippen MR) is 141 cm³/mol. The number of rotatable bonds is 7. The van der Waals surface area contributed by atoms with Crippen molar-refractivity contribution in [2.24, 2.45) is 0 Å². The molecule has 3 aromatic carbocycles. The van der Waals surface area contributed by atoms with Gasteiger partial charge in [-0.3, -0.25) is 0 Å². The van der Waals surface area contributed by atoms with Gasteiger partial charge >= 0.3 is 17.2 Å². The molecule has 0 aliphatic carbocycles. The average Bonchev–Trinajstić information content (AvgIpc) is 2.93. The zero-order chi connectivity index (χ0) is 26.8. The second-order valence-electron chi connectivity index (χ2n) is 8.84. The summed E-state index contributed by atoms with van der Waals surface area (Å²) in [5.41, 5.74) is -1.24. The monoisotopic (exact) mass is 512 g/mol. The van der Waals surface area contributed by atoms with Gasteiger partial charge < -0.3 is 23.8 Å². The lowest BCUT2D eigenvalue weighted by Crippen LogP contribution is -2.18. The first kappa shape index (κ1) is 24.8. The normalized spacial score (nSPS) is 12.0. The number of benzene rings is 3. The third kappa shape index (κ3) is 4.41. The van der Waals surface area contributed by atoms with Crippen LogP contribution in [0.5, 0.6) is 11.5 Å². The first-order valence-corrected chi connectivity index (χ1v) is 12.2. The molecule has 0 aliphatic rings. The number of carbonyl (C=O) groups is 1. The van der Waals surface area contributed by atoms with Gasteiger partial charge in [-0.15, -0.1) is 0 Å². The van der Waals surface area contributed by atoms with E-state index in [0.717, 1.165) is 6.42 Å². The van der Waals surface area contributed by atoms with E-state index >= 15 is 0 Å². The van der Waals surface area contributed by atoms with Crippen LogP contribution in [0.25, 0.3) is 21.7 Å². The van der Waals surface area contributed by atoms with Crippen LogP contribution in [0.15, 0.2) is 91.2 Å². The second kappa shape index (κ2) is 10.3. The van der Waals surface area contributed by atoms with Crippen molar-refractivity contribution < 1.29 is 28.6 Å². The van der Waals surface area contributed by atoms with Crippen molar-refractivity contribution in [1.82, 2.24) is 0 Å². The molecule has 5 rings (SSSR count). The highest BCUT2D eigenvalue weighted by Crippen LogP contribution is 2.42. The molecule has 2 heterocycles. The van der Waals surface area contributed by atoms with Gasteiger partial charge in [0.05, 0.1) is 34.4 Å². The van der Waals surface area contributed by atoms with Gasteiger partial charge in [0.1, 0.15) is 11.3 Å². The van der Waals surface area contributed by atoms with E-state index in [1.165, 1.54) is 18.2 Å². The number of carbonyl (C=O) groups excluding carboxylic acids is 1. The maximum absolute atomic E-state index is 13.3. The summed E-state index contributed by atoms with van der Waals surface area (Å²) in [6.07, 6.45) is 1.56. The van der Waals surface area contributed by atoms with Gasteiger partial charge in [0, 0.05) is 5.39 Å². The minimum atomic E-state index is -1.29. The first-order chi connectivity index (χ1) is 18.4. The van der Waals surface area contributed by atoms with Gasteiger partial charge in [-0.05, 0) is 42.3 Å². The lowest BCUT2D eigenvalue weighted by Gasteiger charge is -2.20. The van der Waals surface area contributed by atoms with Gasteiger partial charge in [-0.1, -0.05) is 55.8 Å². The summed E-state index contributed by atoms with van der Waals surface area (Å²) >= 11 is 0. The molecule has 2 aromatic heterocycles. The quantitative estimate of drug-likeness (QED) is 0.167. The van der Waals surface area contributed by atoms with Gasteiger partial charge in [0.15, 0.2) is 11.5 Å². The van der Waals surface area contributed by atoms with Crippen LogP contribution >= 0.6 is 0 Å². The molecule has 192 valence electrons. The van der Waals surface area contributed by atoms with Crippen LogP contribution in [0.3, 0.4) is 0 Å². The van der Waals surface area contributed by atoms with Crippen molar-refractivity contribution in [3.05, 3.63) is 116 Å². The van der Waals surface area contributed by atoms with Crippen LogP contribution in [0.1, 0.15) is 52.9 Å². The van der Waals surface area contributed by atoms with Gasteiger partial charge in [-0.25, -0.2) is 14.4 Å². The maximum atomic E-state index is 13.3. The molecule has 0 aliphatic heterocycles. The van der Waals surface area contributed by atoms with Crippen LogP contribution in [0, 0.1) is 0 Å². The molecule has 0 bridgehead atoms. The van der Waals surface area contributed by atoms with E-state index in [-0.39, 0.29) is 51.0 Å². The fourth-order valence-corrected chi connectivity index (χ4v) is 4.49. The average molecular weight is 513 g/mol. The molecular weight excluding hydrogens is 488 g/mol. The fraction of sp³-hybridized carbons (Fsp3) is 0.167. The van der Waals surface area contributed by atoms with E-state index in [4.69, 9.17) is 13.6 Å². The van der Waals surface area contributed by atoms with Crippen LogP contribution in [-0.4, -0.2) is 22.8 Å². The molecular formula is C30H24O8. The third-order valence-electron chi connectivity index (χ3n) is 6.40. The summed E-state index contributed by atoms with van der Waals surface area (Å²) in [6, 6.07) is 19.0. The fourth-order valence-electron chi connectivity index (χ4n) is 4.49. The number of unbranched alkanes of at least 4 members (excludes halogenated alkanes) is 1. The van der Waals surface area contributed by atoms with Gasteiger partial charge in [0.2, 0.25) is 0 Å². The van der Waals surface area contributed by atoms with Gasteiger partial charge in [-0.2, -0.15) is 0 Å². The highest BCUT2D eigenvalue weighted by atomic mass is 16.5. The Labute approximate surface area is 216 Å². The first-order valence-electron chi connectivity index (χ1n) is 12.2. The number of esters is 1. The topological polar surface area (TPSA) is 127 Å². The van der Waals surface area contributed by atoms with E-state index in [1.807, 2.05) is 6.92 Å². The Kier molecular flexibility index (Phi) is 6.70. The molecule has 5 aromatic rings. The van der Waals surface area contributed by atoms with Crippen LogP contribution in [0.2, 0.25) is 0 Å². The van der Waals surface area contributed by atoms with E-state index in [1.54, 1.807) is 54.6 Å². The minimum Gasteiger partial charge on any atom is -0.507 e. The third-order valence-corrected chi connectivity index (χ3v) is 6.40. The summed E-state index contributed by atoms with van der Waals surface area (Å²) in [5, 5.41) is 23.1. The molecule has 2 N–H and O–H groups in total. The largest absolute Gasteiger partial charge is 0.507 e. The lowest BCUT2D eigenvalue weighted by molar-refractivity contribution is 0.0499. The SMILES string of the molecule is CCCCOC(=O)c1cccc(C(c2oc(=O)c3ccccc3c2O)c2c(O)c3ccccc3oc2=O)c1. The smallest absolute Gasteiger partial charge is 0.344 e. The van der Waals surface area contributed by atoms with Crippen molar-refractivity contribution in [1.29, 1.82) is 0 Å². The van der Waals surface area contributed by atoms with Crippen LogP contribution in [-0.2, 0) is 4.74 Å². The molecule has 1 unspecified atom stereocenters. The Morgan fingerprint density at radius 3 is 2.32 bits per heavy atom. The van der Waals surface area contributed by atoms with E-state index in [9.17, 15) is 24.6 Å². The summed E-state index contributed by atoms with van der Waals surface area (Å²) in [7, 11) is 0. The van der Waals surface area contributed by atoms with Gasteiger partial charge in [0.25, 0.3) is 0 Å². The van der Waals surface area contributed by atoms with Crippen molar-refractivity contribution in [3.63, 3.8) is 0 Å². The highest BCUT2D eigenvalue weighted by Gasteiger charge is 2.32. The number of ether oxygens (including phenoxy) is 1. The van der Waals surface area contributed by atoms with Crippen molar-refractivity contribution in [2.75, 3.05) is 6.61 Å². The Bertz CT molecular complexity index is 1780. The molecule has 0 spiro atoms. The van der Waals surface area contributed by atoms with Crippen molar-refractivity contribution >= 4 is 27.7 Å². The van der Waals surface area contributed by atoms with E-state index in [2.05, 4.69) is 0 Å². The summed E-state index contributed by atoms with van der Waals surface area (Å²) in [4.78, 5) is 38.9. The standard InChI is InChI=1S/C30H24O8/c1-2-3-15-36-28(33)18-10-8-9-17(16-18)23(24-25(31)21-13-6-7-14-22(21)37-30(24)35)27-26(32)19-11-4-5-12-20(19)29(34)38-27/h4-14,16,23,31-32H,2-3,15H2,1H3. The molecule has 0 saturated carbocycles. The number of hydrogen-bond acceptors (Lipinski definition) is 8. The number of aromatic hydroxyl groups is 2. The number of hydrogen-bond donors (Lipinski definition) is 2. The lowest BCUT2D eigenvalue weighted by atomic mass is 9.86. The Hall–Kier alpha value is -4.85. The van der Waals surface area contributed by atoms with Crippen molar-refractivity contribution in [2.45, 2.75) is 25.7 Å². The van der Waals surface area contributed by atoms with Crippen LogP contribution in [0.4, 0.5) is 0 Å². The van der Waals surface area contributed by atoms with E-state index in [0.29, 0.717) is 12.0 Å². The summed E-state index contributed by atoms with van der Waals surface area (Å²) in [5.74, 6) is -2.92. The molecule has 1 atom stereocenters. The molecule has 38 heavy (non-hydrogen) atoms. The Morgan fingerprint density at radius 2 is 1.55 bits per heavy atom. The number of fused-ring (bicyclic) bond motifs is 2. The zero-order valence-corrected chi connectivity index (χ0v) is 20.5.